The van der Waals surface area contributed by atoms with Crippen molar-refractivity contribution in [1.29, 1.82) is 0 Å². The molecular formula is C12H16ClNO3. The summed E-state index contributed by atoms with van der Waals surface area (Å²) in [7, 11) is 0. The van der Waals surface area contributed by atoms with Crippen molar-refractivity contribution in [2.75, 3.05) is 25.6 Å². The summed E-state index contributed by atoms with van der Waals surface area (Å²) < 4.78 is 10.2. The van der Waals surface area contributed by atoms with E-state index in [0.717, 1.165) is 6.42 Å². The van der Waals surface area contributed by atoms with E-state index in [1.165, 1.54) is 6.07 Å². The van der Waals surface area contributed by atoms with Crippen molar-refractivity contribution in [1.82, 2.24) is 0 Å². The highest BCUT2D eigenvalue weighted by Crippen LogP contribution is 2.18. The number of anilines is 1. The summed E-state index contributed by atoms with van der Waals surface area (Å²) in [4.78, 5) is 11.6. The summed E-state index contributed by atoms with van der Waals surface area (Å²) >= 11 is 5.78. The fourth-order valence-corrected chi connectivity index (χ4v) is 1.39. The first kappa shape index (κ1) is 13.8. The zero-order valence-corrected chi connectivity index (χ0v) is 10.5. The standard InChI is InChI=1S/C12H16ClNO3/c1-2-5-16-6-7-17-12(15)10-8-9(13)3-4-11(10)14/h3-4,8H,2,5-7,14H2,1H3. The highest BCUT2D eigenvalue weighted by molar-refractivity contribution is 6.31. The van der Waals surface area contributed by atoms with Crippen LogP contribution in [0, 0.1) is 0 Å². The second-order valence-corrected chi connectivity index (χ2v) is 3.92. The van der Waals surface area contributed by atoms with Crippen LogP contribution in [-0.2, 0) is 9.47 Å². The molecular weight excluding hydrogens is 242 g/mol. The van der Waals surface area contributed by atoms with E-state index in [1.54, 1.807) is 12.1 Å². The molecule has 0 saturated heterocycles. The van der Waals surface area contributed by atoms with E-state index in [4.69, 9.17) is 26.8 Å². The van der Waals surface area contributed by atoms with Crippen LogP contribution in [-0.4, -0.2) is 25.8 Å². The van der Waals surface area contributed by atoms with Gasteiger partial charge in [0.25, 0.3) is 0 Å². The molecule has 0 heterocycles. The molecule has 0 radical (unpaired) electrons. The molecule has 0 unspecified atom stereocenters. The lowest BCUT2D eigenvalue weighted by molar-refractivity contribution is 0.0319. The maximum Gasteiger partial charge on any atom is 0.340 e. The first-order valence-corrected chi connectivity index (χ1v) is 5.83. The molecule has 0 saturated carbocycles. The number of esters is 1. The van der Waals surface area contributed by atoms with Crippen LogP contribution in [0.4, 0.5) is 5.69 Å². The van der Waals surface area contributed by atoms with Crippen molar-refractivity contribution in [2.24, 2.45) is 0 Å². The van der Waals surface area contributed by atoms with Crippen molar-refractivity contribution in [3.05, 3.63) is 28.8 Å². The average Bonchev–Trinajstić information content (AvgIpc) is 2.32. The van der Waals surface area contributed by atoms with Gasteiger partial charge < -0.3 is 15.2 Å². The van der Waals surface area contributed by atoms with E-state index in [1.807, 2.05) is 6.92 Å². The molecule has 0 bridgehead atoms. The third kappa shape index (κ3) is 4.63. The number of nitrogen functional groups attached to an aromatic ring is 1. The van der Waals surface area contributed by atoms with Gasteiger partial charge in [0.1, 0.15) is 6.61 Å². The van der Waals surface area contributed by atoms with Crippen LogP contribution in [0.15, 0.2) is 18.2 Å². The topological polar surface area (TPSA) is 61.5 Å². The molecule has 0 aromatic heterocycles. The van der Waals surface area contributed by atoms with Crippen molar-refractivity contribution < 1.29 is 14.3 Å². The third-order valence-corrected chi connectivity index (χ3v) is 2.28. The van der Waals surface area contributed by atoms with Gasteiger partial charge in [-0.2, -0.15) is 0 Å². The van der Waals surface area contributed by atoms with Crippen LogP contribution < -0.4 is 5.73 Å². The Morgan fingerprint density at radius 2 is 2.12 bits per heavy atom. The van der Waals surface area contributed by atoms with Crippen molar-refractivity contribution in [3.63, 3.8) is 0 Å². The van der Waals surface area contributed by atoms with Gasteiger partial charge in [0.15, 0.2) is 0 Å². The molecule has 17 heavy (non-hydrogen) atoms. The second-order valence-electron chi connectivity index (χ2n) is 3.48. The van der Waals surface area contributed by atoms with Gasteiger partial charge in [-0.3, -0.25) is 0 Å². The van der Waals surface area contributed by atoms with Gasteiger partial charge in [-0.15, -0.1) is 0 Å². The predicted octanol–water partition coefficient (Wildman–Crippen LogP) is 2.51. The fourth-order valence-electron chi connectivity index (χ4n) is 1.22. The van der Waals surface area contributed by atoms with Crippen molar-refractivity contribution in [3.8, 4) is 0 Å². The molecule has 1 rings (SSSR count). The van der Waals surface area contributed by atoms with Gasteiger partial charge >= 0.3 is 5.97 Å². The number of ether oxygens (including phenoxy) is 2. The van der Waals surface area contributed by atoms with E-state index < -0.39 is 5.97 Å². The number of hydrogen-bond acceptors (Lipinski definition) is 4. The lowest BCUT2D eigenvalue weighted by Gasteiger charge is -2.07. The molecule has 4 nitrogen and oxygen atoms in total. The summed E-state index contributed by atoms with van der Waals surface area (Å²) in [6.07, 6.45) is 0.940. The first-order valence-electron chi connectivity index (χ1n) is 5.45. The molecule has 0 spiro atoms. The van der Waals surface area contributed by atoms with E-state index in [-0.39, 0.29) is 12.2 Å². The number of rotatable bonds is 6. The first-order chi connectivity index (χ1) is 8.15. The number of benzene rings is 1. The number of nitrogens with two attached hydrogens (primary N) is 1. The van der Waals surface area contributed by atoms with E-state index in [0.29, 0.717) is 23.9 Å². The highest BCUT2D eigenvalue weighted by Gasteiger charge is 2.11. The zero-order valence-electron chi connectivity index (χ0n) is 9.74. The molecule has 1 aromatic carbocycles. The van der Waals surface area contributed by atoms with Crippen molar-refractivity contribution in [2.45, 2.75) is 13.3 Å². The predicted molar refractivity (Wildman–Crippen MR) is 67.3 cm³/mol. The Balaban J connectivity index is 2.44. The molecule has 1 aromatic rings. The maximum atomic E-state index is 11.6. The van der Waals surface area contributed by atoms with Crippen LogP contribution >= 0.6 is 11.6 Å². The maximum absolute atomic E-state index is 11.6. The van der Waals surface area contributed by atoms with E-state index >= 15 is 0 Å². The number of hydrogen-bond donors (Lipinski definition) is 1. The van der Waals surface area contributed by atoms with Gasteiger partial charge in [0.2, 0.25) is 0 Å². The van der Waals surface area contributed by atoms with Crippen LogP contribution in [0.1, 0.15) is 23.7 Å². The normalized spacial score (nSPS) is 10.2. The van der Waals surface area contributed by atoms with Crippen LogP contribution in [0.25, 0.3) is 0 Å². The highest BCUT2D eigenvalue weighted by atomic mass is 35.5. The van der Waals surface area contributed by atoms with Crippen LogP contribution in [0.3, 0.4) is 0 Å². The SMILES string of the molecule is CCCOCCOC(=O)c1cc(Cl)ccc1N. The minimum Gasteiger partial charge on any atom is -0.460 e. The molecule has 5 heteroatoms. The van der Waals surface area contributed by atoms with E-state index in [9.17, 15) is 4.79 Å². The Labute approximate surface area is 106 Å². The third-order valence-electron chi connectivity index (χ3n) is 2.04. The smallest absolute Gasteiger partial charge is 0.340 e. The van der Waals surface area contributed by atoms with E-state index in [2.05, 4.69) is 0 Å². The minimum atomic E-state index is -0.481. The molecule has 94 valence electrons. The number of carbonyl (C=O) groups excluding carboxylic acids is 1. The van der Waals surface area contributed by atoms with Gasteiger partial charge in [0, 0.05) is 17.3 Å². The lowest BCUT2D eigenvalue weighted by atomic mass is 10.2. The molecule has 2 N–H and O–H groups in total. The van der Waals surface area contributed by atoms with Gasteiger partial charge in [0.05, 0.1) is 12.2 Å². The Hall–Kier alpha value is -1.26. The quantitative estimate of drug-likeness (QED) is 0.483. The summed E-state index contributed by atoms with van der Waals surface area (Å²) in [5.41, 5.74) is 6.29. The largest absolute Gasteiger partial charge is 0.460 e. The van der Waals surface area contributed by atoms with Gasteiger partial charge in [-0.1, -0.05) is 18.5 Å². The zero-order chi connectivity index (χ0) is 12.7. The van der Waals surface area contributed by atoms with Crippen molar-refractivity contribution >= 4 is 23.3 Å². The molecule has 0 amide bonds. The second kappa shape index (κ2) is 7.14. The Kier molecular flexibility index (Phi) is 5.80. The lowest BCUT2D eigenvalue weighted by Crippen LogP contribution is -2.12. The summed E-state index contributed by atoms with van der Waals surface area (Å²) in [5.74, 6) is -0.481. The van der Waals surface area contributed by atoms with Gasteiger partial charge in [-0.25, -0.2) is 4.79 Å². The monoisotopic (exact) mass is 257 g/mol. The van der Waals surface area contributed by atoms with Crippen LogP contribution in [0.2, 0.25) is 5.02 Å². The minimum absolute atomic E-state index is 0.213. The number of carbonyl (C=O) groups is 1. The fraction of sp³-hybridized carbons (Fsp3) is 0.417. The molecule has 0 aliphatic heterocycles. The Bertz CT molecular complexity index is 382. The molecule has 0 aliphatic carbocycles. The summed E-state index contributed by atoms with van der Waals surface area (Å²) in [6.45, 7) is 3.28. The number of halogens is 1. The average molecular weight is 258 g/mol. The summed E-state index contributed by atoms with van der Waals surface area (Å²) in [6, 6.07) is 4.69. The Morgan fingerprint density at radius 3 is 2.82 bits per heavy atom. The molecule has 0 aliphatic rings. The molecule has 0 fully saturated rings. The molecule has 0 atom stereocenters. The Morgan fingerprint density at radius 1 is 1.35 bits per heavy atom. The summed E-state index contributed by atoms with van der Waals surface area (Å²) in [5, 5.41) is 0.452. The van der Waals surface area contributed by atoms with Gasteiger partial charge in [-0.05, 0) is 24.6 Å². The van der Waals surface area contributed by atoms with Crippen LogP contribution in [0.5, 0.6) is 0 Å².